The summed E-state index contributed by atoms with van der Waals surface area (Å²) in [6.07, 6.45) is 6.15. The van der Waals surface area contributed by atoms with Crippen molar-refractivity contribution >= 4 is 22.9 Å². The van der Waals surface area contributed by atoms with Crippen molar-refractivity contribution in [3.63, 3.8) is 0 Å². The van der Waals surface area contributed by atoms with Gasteiger partial charge < -0.3 is 11.5 Å². The molecule has 19 heavy (non-hydrogen) atoms. The standard InChI is InChI=1S/C13H20N6/c1-3-8(2)5-4-6-9-7-16-12-10(17-9)11(14)18-13(15)19-12/h7-8H,3-6H2,1-2H3,(H4,14,15,16,18,19). The van der Waals surface area contributed by atoms with E-state index in [-0.39, 0.29) is 5.95 Å². The first-order valence-electron chi connectivity index (χ1n) is 6.64. The Bertz CT molecular complexity index is 568. The lowest BCUT2D eigenvalue weighted by molar-refractivity contribution is 0.494. The highest BCUT2D eigenvalue weighted by Gasteiger charge is 2.08. The summed E-state index contributed by atoms with van der Waals surface area (Å²) in [4.78, 5) is 16.6. The molecule has 6 heteroatoms. The van der Waals surface area contributed by atoms with E-state index < -0.39 is 0 Å². The fraction of sp³-hybridized carbons (Fsp3) is 0.538. The monoisotopic (exact) mass is 260 g/mol. The van der Waals surface area contributed by atoms with Crippen LogP contribution in [-0.2, 0) is 6.42 Å². The Morgan fingerprint density at radius 3 is 2.74 bits per heavy atom. The molecule has 0 aliphatic carbocycles. The predicted octanol–water partition coefficient (Wildman–Crippen LogP) is 1.95. The molecule has 1 atom stereocenters. The van der Waals surface area contributed by atoms with Gasteiger partial charge in [-0.2, -0.15) is 9.97 Å². The molecule has 0 bridgehead atoms. The van der Waals surface area contributed by atoms with Gasteiger partial charge in [0.2, 0.25) is 5.95 Å². The zero-order valence-electron chi connectivity index (χ0n) is 11.4. The fourth-order valence-corrected chi connectivity index (χ4v) is 1.94. The van der Waals surface area contributed by atoms with Crippen LogP contribution in [0.25, 0.3) is 11.2 Å². The fourth-order valence-electron chi connectivity index (χ4n) is 1.94. The molecule has 0 aliphatic heterocycles. The van der Waals surface area contributed by atoms with Crippen LogP contribution in [0.2, 0.25) is 0 Å². The normalized spacial score (nSPS) is 12.7. The van der Waals surface area contributed by atoms with Crippen LogP contribution in [0.4, 0.5) is 11.8 Å². The maximum atomic E-state index is 5.79. The average molecular weight is 260 g/mol. The molecule has 102 valence electrons. The van der Waals surface area contributed by atoms with Crippen molar-refractivity contribution < 1.29 is 0 Å². The van der Waals surface area contributed by atoms with Gasteiger partial charge in [-0.1, -0.05) is 26.7 Å². The Balaban J connectivity index is 2.13. The van der Waals surface area contributed by atoms with Gasteiger partial charge in [-0.05, 0) is 18.8 Å². The van der Waals surface area contributed by atoms with E-state index in [2.05, 4.69) is 33.8 Å². The SMILES string of the molecule is CCC(C)CCCc1cnc2nc(N)nc(N)c2n1. The van der Waals surface area contributed by atoms with Gasteiger partial charge in [-0.15, -0.1) is 0 Å². The summed E-state index contributed by atoms with van der Waals surface area (Å²) >= 11 is 0. The molecule has 0 saturated carbocycles. The largest absolute Gasteiger partial charge is 0.382 e. The molecule has 2 aromatic rings. The first kappa shape index (κ1) is 13.5. The van der Waals surface area contributed by atoms with Crippen molar-refractivity contribution in [2.75, 3.05) is 11.5 Å². The van der Waals surface area contributed by atoms with Crippen LogP contribution in [0.5, 0.6) is 0 Å². The van der Waals surface area contributed by atoms with Gasteiger partial charge >= 0.3 is 0 Å². The van der Waals surface area contributed by atoms with Gasteiger partial charge in [0.05, 0.1) is 11.9 Å². The Morgan fingerprint density at radius 2 is 2.00 bits per heavy atom. The molecule has 0 saturated heterocycles. The molecule has 0 spiro atoms. The summed E-state index contributed by atoms with van der Waals surface area (Å²) in [7, 11) is 0. The third-order valence-electron chi connectivity index (χ3n) is 3.33. The number of hydrogen-bond donors (Lipinski definition) is 2. The average Bonchev–Trinajstić information content (AvgIpc) is 2.39. The van der Waals surface area contributed by atoms with Gasteiger partial charge in [0.15, 0.2) is 17.0 Å². The second-order valence-corrected chi connectivity index (χ2v) is 4.91. The molecular formula is C13H20N6. The van der Waals surface area contributed by atoms with Gasteiger partial charge in [0.25, 0.3) is 0 Å². The van der Waals surface area contributed by atoms with Crippen molar-refractivity contribution in [2.24, 2.45) is 5.92 Å². The van der Waals surface area contributed by atoms with Crippen molar-refractivity contribution in [1.29, 1.82) is 0 Å². The summed E-state index contributed by atoms with van der Waals surface area (Å²) in [6.45, 7) is 4.48. The van der Waals surface area contributed by atoms with Crippen molar-refractivity contribution in [1.82, 2.24) is 19.9 Å². The summed E-state index contributed by atoms with van der Waals surface area (Å²) < 4.78 is 0. The highest BCUT2D eigenvalue weighted by atomic mass is 15.1. The van der Waals surface area contributed by atoms with Gasteiger partial charge in [0.1, 0.15) is 0 Å². The molecule has 0 amide bonds. The molecule has 1 unspecified atom stereocenters. The zero-order valence-corrected chi connectivity index (χ0v) is 11.4. The molecule has 2 aromatic heterocycles. The van der Waals surface area contributed by atoms with Crippen LogP contribution >= 0.6 is 0 Å². The third-order valence-corrected chi connectivity index (χ3v) is 3.33. The highest BCUT2D eigenvalue weighted by Crippen LogP contribution is 2.16. The lowest BCUT2D eigenvalue weighted by Crippen LogP contribution is -2.04. The Labute approximate surface area is 112 Å². The predicted molar refractivity (Wildman–Crippen MR) is 76.3 cm³/mol. The number of anilines is 2. The summed E-state index contributed by atoms with van der Waals surface area (Å²) in [5.41, 5.74) is 13.2. The second kappa shape index (κ2) is 5.77. The molecule has 0 aromatic carbocycles. The maximum absolute atomic E-state index is 5.79. The van der Waals surface area contributed by atoms with E-state index in [1.54, 1.807) is 6.20 Å². The summed E-state index contributed by atoms with van der Waals surface area (Å²) in [5, 5.41) is 0. The van der Waals surface area contributed by atoms with E-state index in [1.807, 2.05) is 0 Å². The van der Waals surface area contributed by atoms with E-state index in [0.29, 0.717) is 17.0 Å². The summed E-state index contributed by atoms with van der Waals surface area (Å²) in [6, 6.07) is 0. The molecule has 6 nitrogen and oxygen atoms in total. The maximum Gasteiger partial charge on any atom is 0.224 e. The van der Waals surface area contributed by atoms with Crippen LogP contribution in [0.1, 0.15) is 38.8 Å². The first-order chi connectivity index (χ1) is 9.10. The number of hydrogen-bond acceptors (Lipinski definition) is 6. The quantitative estimate of drug-likeness (QED) is 0.851. The van der Waals surface area contributed by atoms with E-state index in [9.17, 15) is 0 Å². The smallest absolute Gasteiger partial charge is 0.224 e. The third kappa shape index (κ3) is 3.27. The minimum Gasteiger partial charge on any atom is -0.382 e. The minimum atomic E-state index is 0.129. The Morgan fingerprint density at radius 1 is 1.21 bits per heavy atom. The number of aryl methyl sites for hydroxylation is 1. The van der Waals surface area contributed by atoms with Gasteiger partial charge in [-0.3, -0.25) is 0 Å². The topological polar surface area (TPSA) is 104 Å². The van der Waals surface area contributed by atoms with Crippen LogP contribution in [0, 0.1) is 5.92 Å². The first-order valence-corrected chi connectivity index (χ1v) is 6.64. The number of nitrogens with two attached hydrogens (primary N) is 2. The molecule has 2 heterocycles. The second-order valence-electron chi connectivity index (χ2n) is 4.91. The zero-order chi connectivity index (χ0) is 13.8. The lowest BCUT2D eigenvalue weighted by atomic mass is 10.0. The molecule has 0 radical (unpaired) electrons. The summed E-state index contributed by atoms with van der Waals surface area (Å²) in [5.74, 6) is 1.17. The van der Waals surface area contributed by atoms with Gasteiger partial charge in [0, 0.05) is 0 Å². The molecule has 4 N–H and O–H groups in total. The van der Waals surface area contributed by atoms with Crippen LogP contribution in [-0.4, -0.2) is 19.9 Å². The van der Waals surface area contributed by atoms with E-state index in [1.165, 1.54) is 12.8 Å². The van der Waals surface area contributed by atoms with Gasteiger partial charge in [-0.25, -0.2) is 9.97 Å². The Hall–Kier alpha value is -1.98. The van der Waals surface area contributed by atoms with Crippen molar-refractivity contribution in [3.05, 3.63) is 11.9 Å². The highest BCUT2D eigenvalue weighted by molar-refractivity contribution is 5.81. The lowest BCUT2D eigenvalue weighted by Gasteiger charge is -2.08. The number of nitrogens with zero attached hydrogens (tertiary/aromatic N) is 4. The number of rotatable bonds is 5. The van der Waals surface area contributed by atoms with Crippen LogP contribution in [0.15, 0.2) is 6.20 Å². The minimum absolute atomic E-state index is 0.129. The number of nitrogen functional groups attached to an aromatic ring is 2. The van der Waals surface area contributed by atoms with Crippen molar-refractivity contribution in [3.8, 4) is 0 Å². The molecule has 0 fully saturated rings. The van der Waals surface area contributed by atoms with Crippen molar-refractivity contribution in [2.45, 2.75) is 39.5 Å². The van der Waals surface area contributed by atoms with E-state index in [4.69, 9.17) is 11.5 Å². The van der Waals surface area contributed by atoms with E-state index >= 15 is 0 Å². The molecular weight excluding hydrogens is 240 g/mol. The molecule has 2 rings (SSSR count). The number of fused-ring (bicyclic) bond motifs is 1. The van der Waals surface area contributed by atoms with E-state index in [0.717, 1.165) is 24.5 Å². The Kier molecular flexibility index (Phi) is 4.09. The molecule has 0 aliphatic rings. The number of aromatic nitrogens is 4. The van der Waals surface area contributed by atoms with Crippen LogP contribution in [0.3, 0.4) is 0 Å². The van der Waals surface area contributed by atoms with Crippen LogP contribution < -0.4 is 11.5 Å².